The van der Waals surface area contributed by atoms with Crippen molar-refractivity contribution in [1.82, 2.24) is 19.9 Å². The Morgan fingerprint density at radius 3 is 2.72 bits per heavy atom. The molecule has 0 unspecified atom stereocenters. The summed E-state index contributed by atoms with van der Waals surface area (Å²) >= 11 is 6.02. The largest absolute Gasteiger partial charge is 0.382 e. The predicted octanol–water partition coefficient (Wildman–Crippen LogP) is 4.13. The third-order valence-electron chi connectivity index (χ3n) is 3.78. The van der Waals surface area contributed by atoms with E-state index < -0.39 is 5.82 Å². The molecular formula is C18H11ClFN5. The van der Waals surface area contributed by atoms with E-state index in [-0.39, 0.29) is 5.82 Å². The van der Waals surface area contributed by atoms with E-state index in [9.17, 15) is 4.39 Å². The summed E-state index contributed by atoms with van der Waals surface area (Å²) in [5, 5.41) is 0.428. The summed E-state index contributed by atoms with van der Waals surface area (Å²) in [5.41, 5.74) is 9.02. The number of fused-ring (bicyclic) bond motifs is 1. The molecule has 4 aromatic rings. The molecule has 0 saturated carbocycles. The number of rotatable bonds is 2. The van der Waals surface area contributed by atoms with E-state index in [4.69, 9.17) is 17.3 Å². The van der Waals surface area contributed by atoms with E-state index in [0.717, 1.165) is 0 Å². The van der Waals surface area contributed by atoms with Crippen molar-refractivity contribution in [3.63, 3.8) is 0 Å². The van der Waals surface area contributed by atoms with Crippen LogP contribution >= 0.6 is 11.6 Å². The van der Waals surface area contributed by atoms with Gasteiger partial charge in [-0.1, -0.05) is 11.6 Å². The average Bonchev–Trinajstić information content (AvgIpc) is 2.64. The van der Waals surface area contributed by atoms with Gasteiger partial charge in [-0.05, 0) is 42.5 Å². The lowest BCUT2D eigenvalue weighted by Crippen LogP contribution is -1.98. The lowest BCUT2D eigenvalue weighted by molar-refractivity contribution is 0.631. The van der Waals surface area contributed by atoms with Crippen molar-refractivity contribution in [3.8, 4) is 22.5 Å². The molecule has 0 spiro atoms. The molecule has 7 heteroatoms. The van der Waals surface area contributed by atoms with Crippen LogP contribution in [0.3, 0.4) is 0 Å². The number of benzene rings is 1. The Morgan fingerprint density at radius 2 is 1.84 bits per heavy atom. The molecule has 0 aliphatic rings. The molecule has 25 heavy (non-hydrogen) atoms. The molecule has 0 aliphatic carbocycles. The van der Waals surface area contributed by atoms with Gasteiger partial charge in [0.1, 0.15) is 17.7 Å². The highest BCUT2D eigenvalue weighted by atomic mass is 35.5. The molecule has 0 saturated heterocycles. The highest BCUT2D eigenvalue weighted by Crippen LogP contribution is 2.33. The van der Waals surface area contributed by atoms with Crippen LogP contribution in [0.25, 0.3) is 33.5 Å². The maximum Gasteiger partial charge on any atom is 0.153 e. The Balaban J connectivity index is 1.96. The van der Waals surface area contributed by atoms with Crippen molar-refractivity contribution in [2.24, 2.45) is 0 Å². The van der Waals surface area contributed by atoms with Crippen LogP contribution in [0.1, 0.15) is 0 Å². The molecule has 0 aliphatic heterocycles. The third kappa shape index (κ3) is 2.77. The number of anilines is 1. The molecular weight excluding hydrogens is 341 g/mol. The van der Waals surface area contributed by atoms with Gasteiger partial charge in [0.25, 0.3) is 0 Å². The van der Waals surface area contributed by atoms with Crippen molar-refractivity contribution in [1.29, 1.82) is 0 Å². The van der Waals surface area contributed by atoms with Crippen molar-refractivity contribution in [2.75, 3.05) is 5.73 Å². The Hall–Kier alpha value is -3.12. The van der Waals surface area contributed by atoms with Crippen LogP contribution in [-0.4, -0.2) is 19.9 Å². The summed E-state index contributed by atoms with van der Waals surface area (Å²) in [7, 11) is 0. The number of nitrogen functional groups attached to an aromatic ring is 1. The Morgan fingerprint density at radius 1 is 0.960 bits per heavy atom. The summed E-state index contributed by atoms with van der Waals surface area (Å²) in [4.78, 5) is 17.0. The number of pyridine rings is 2. The zero-order chi connectivity index (χ0) is 17.4. The summed E-state index contributed by atoms with van der Waals surface area (Å²) in [5.74, 6) is -0.126. The number of aromatic nitrogens is 4. The van der Waals surface area contributed by atoms with Crippen LogP contribution < -0.4 is 5.73 Å². The normalized spacial score (nSPS) is 11.0. The van der Waals surface area contributed by atoms with Gasteiger partial charge in [0, 0.05) is 22.3 Å². The van der Waals surface area contributed by atoms with Gasteiger partial charge in [-0.2, -0.15) is 0 Å². The zero-order valence-electron chi connectivity index (χ0n) is 12.8. The molecule has 0 bridgehead atoms. The van der Waals surface area contributed by atoms with Gasteiger partial charge in [-0.25, -0.2) is 19.3 Å². The standard InChI is InChI=1S/C18H11ClFN5/c19-10-3-4-13(20)12(8-10)16-11(2-1-7-22-16)14-5-6-15-17(25-14)18(21)24-9-23-15/h1-9H,(H2,21,23,24). The van der Waals surface area contributed by atoms with Gasteiger partial charge in [-0.15, -0.1) is 0 Å². The summed E-state index contributed by atoms with van der Waals surface area (Å²) in [6.07, 6.45) is 2.98. The number of nitrogens with zero attached hydrogens (tertiary/aromatic N) is 4. The molecule has 0 amide bonds. The van der Waals surface area contributed by atoms with Crippen LogP contribution in [0.2, 0.25) is 5.02 Å². The zero-order valence-corrected chi connectivity index (χ0v) is 13.6. The minimum absolute atomic E-state index is 0.284. The first kappa shape index (κ1) is 15.4. The van der Waals surface area contributed by atoms with Crippen molar-refractivity contribution < 1.29 is 4.39 Å². The van der Waals surface area contributed by atoms with Crippen molar-refractivity contribution in [3.05, 3.63) is 65.8 Å². The third-order valence-corrected chi connectivity index (χ3v) is 4.01. The molecule has 122 valence electrons. The van der Waals surface area contributed by atoms with Gasteiger partial charge < -0.3 is 5.73 Å². The molecule has 5 nitrogen and oxygen atoms in total. The van der Waals surface area contributed by atoms with E-state index in [1.165, 1.54) is 18.5 Å². The fourth-order valence-electron chi connectivity index (χ4n) is 2.61. The maximum absolute atomic E-state index is 14.3. The van der Waals surface area contributed by atoms with Crippen LogP contribution in [0.5, 0.6) is 0 Å². The second-order valence-electron chi connectivity index (χ2n) is 5.35. The number of hydrogen-bond acceptors (Lipinski definition) is 5. The SMILES string of the molecule is Nc1ncnc2ccc(-c3cccnc3-c3cc(Cl)ccc3F)nc12. The summed E-state index contributed by atoms with van der Waals surface area (Å²) in [6, 6.07) is 11.5. The number of halogens is 2. The van der Waals surface area contributed by atoms with Crippen LogP contribution in [-0.2, 0) is 0 Å². The second kappa shape index (κ2) is 6.07. The van der Waals surface area contributed by atoms with Crippen molar-refractivity contribution >= 4 is 28.5 Å². The van der Waals surface area contributed by atoms with E-state index in [0.29, 0.717) is 38.6 Å². The first-order valence-electron chi connectivity index (χ1n) is 7.41. The predicted molar refractivity (Wildman–Crippen MR) is 95.4 cm³/mol. The first-order chi connectivity index (χ1) is 12.1. The molecule has 3 aromatic heterocycles. The fourth-order valence-corrected chi connectivity index (χ4v) is 2.79. The molecule has 4 rings (SSSR count). The molecule has 1 aromatic carbocycles. The Kier molecular flexibility index (Phi) is 3.74. The highest BCUT2D eigenvalue weighted by molar-refractivity contribution is 6.30. The molecule has 0 radical (unpaired) electrons. The van der Waals surface area contributed by atoms with Crippen LogP contribution in [0.15, 0.2) is 55.0 Å². The van der Waals surface area contributed by atoms with Crippen LogP contribution in [0.4, 0.5) is 10.2 Å². The Bertz CT molecular complexity index is 1100. The van der Waals surface area contributed by atoms with Crippen molar-refractivity contribution in [2.45, 2.75) is 0 Å². The fraction of sp³-hybridized carbons (Fsp3) is 0. The smallest absolute Gasteiger partial charge is 0.153 e. The molecule has 2 N–H and O–H groups in total. The molecule has 0 fully saturated rings. The van der Waals surface area contributed by atoms with Gasteiger partial charge in [0.05, 0.1) is 16.9 Å². The van der Waals surface area contributed by atoms with Gasteiger partial charge in [0.2, 0.25) is 0 Å². The van der Waals surface area contributed by atoms with E-state index in [1.807, 2.05) is 6.07 Å². The summed E-state index contributed by atoms with van der Waals surface area (Å²) < 4.78 is 14.3. The quantitative estimate of drug-likeness (QED) is 0.587. The second-order valence-corrected chi connectivity index (χ2v) is 5.78. The van der Waals surface area contributed by atoms with Gasteiger partial charge in [0.15, 0.2) is 5.82 Å². The van der Waals surface area contributed by atoms with E-state index in [2.05, 4.69) is 19.9 Å². The summed E-state index contributed by atoms with van der Waals surface area (Å²) in [6.45, 7) is 0. The number of hydrogen-bond donors (Lipinski definition) is 1. The minimum atomic E-state index is -0.409. The highest BCUT2D eigenvalue weighted by Gasteiger charge is 2.15. The topological polar surface area (TPSA) is 77.6 Å². The monoisotopic (exact) mass is 351 g/mol. The van der Waals surface area contributed by atoms with E-state index >= 15 is 0 Å². The first-order valence-corrected chi connectivity index (χ1v) is 7.79. The molecule has 0 atom stereocenters. The van der Waals surface area contributed by atoms with Crippen LogP contribution in [0, 0.1) is 5.82 Å². The number of nitrogens with two attached hydrogens (primary N) is 1. The lowest BCUT2D eigenvalue weighted by atomic mass is 10.0. The van der Waals surface area contributed by atoms with Gasteiger partial charge in [-0.3, -0.25) is 4.98 Å². The van der Waals surface area contributed by atoms with Gasteiger partial charge >= 0.3 is 0 Å². The Labute approximate surface area is 147 Å². The maximum atomic E-state index is 14.3. The lowest BCUT2D eigenvalue weighted by Gasteiger charge is -2.10. The average molecular weight is 352 g/mol. The minimum Gasteiger partial charge on any atom is -0.382 e. The molecule has 3 heterocycles. The van der Waals surface area contributed by atoms with E-state index in [1.54, 1.807) is 30.5 Å².